The number of piperidine rings is 1. The van der Waals surface area contributed by atoms with Gasteiger partial charge in [-0.1, -0.05) is 0 Å². The van der Waals surface area contributed by atoms with Crippen molar-refractivity contribution in [1.82, 2.24) is 14.8 Å². The molecule has 0 saturated carbocycles. The molecule has 6 heteroatoms. The van der Waals surface area contributed by atoms with E-state index in [2.05, 4.69) is 10.1 Å². The molecule has 0 atom stereocenters. The number of hydrogen-bond donors (Lipinski definition) is 1. The summed E-state index contributed by atoms with van der Waals surface area (Å²) in [4.78, 5) is 6.03. The maximum Gasteiger partial charge on any atom is 0.292 e. The van der Waals surface area contributed by atoms with Crippen LogP contribution in [0.1, 0.15) is 19.3 Å². The zero-order valence-corrected chi connectivity index (χ0v) is 11.5. The average Bonchev–Trinajstić information content (AvgIpc) is 2.82. The Morgan fingerprint density at radius 3 is 2.89 bits per heavy atom. The van der Waals surface area contributed by atoms with Crippen molar-refractivity contribution in [3.05, 3.63) is 29.4 Å². The third kappa shape index (κ3) is 2.90. The average molecular weight is 277 g/mol. The molecule has 100 valence electrons. The van der Waals surface area contributed by atoms with Gasteiger partial charge in [-0.25, -0.2) is 0 Å². The van der Waals surface area contributed by atoms with Gasteiger partial charge in [0.15, 0.2) is 6.67 Å². The van der Waals surface area contributed by atoms with Crippen LogP contribution in [0.2, 0.25) is 0 Å². The molecule has 2 aromatic rings. The van der Waals surface area contributed by atoms with E-state index in [1.165, 1.54) is 37.3 Å². The lowest BCUT2D eigenvalue weighted by Gasteiger charge is -2.22. The van der Waals surface area contributed by atoms with Gasteiger partial charge in [-0.3, -0.25) is 4.98 Å². The molecule has 0 radical (unpaired) electrons. The molecule has 0 bridgehead atoms. The van der Waals surface area contributed by atoms with E-state index in [1.807, 2.05) is 12.1 Å². The van der Waals surface area contributed by atoms with E-state index in [0.29, 0.717) is 10.7 Å². The molecule has 19 heavy (non-hydrogen) atoms. The Bertz CT molecular complexity index is 586. The minimum atomic E-state index is 0.442. The van der Waals surface area contributed by atoms with E-state index in [1.54, 1.807) is 17.1 Å². The molecule has 5 nitrogen and oxygen atoms in total. The molecule has 0 aromatic carbocycles. The molecule has 1 fully saturated rings. The van der Waals surface area contributed by atoms with Gasteiger partial charge in [0.2, 0.25) is 5.89 Å². The van der Waals surface area contributed by atoms with Crippen LogP contribution in [0.4, 0.5) is 0 Å². The zero-order chi connectivity index (χ0) is 13.1. The SMILES string of the molecule is S=c1oc(-c2cccnc2)nn1C[NH+]1CCCCC1. The number of hydrogen-bond acceptors (Lipinski definition) is 4. The largest absolute Gasteiger partial charge is 0.409 e. The Labute approximate surface area is 116 Å². The third-order valence-electron chi connectivity index (χ3n) is 3.45. The normalized spacial score (nSPS) is 16.6. The van der Waals surface area contributed by atoms with Crippen LogP contribution >= 0.6 is 12.2 Å². The molecule has 3 heterocycles. The fourth-order valence-electron chi connectivity index (χ4n) is 2.43. The summed E-state index contributed by atoms with van der Waals surface area (Å²) in [5, 5.41) is 4.46. The van der Waals surface area contributed by atoms with Crippen LogP contribution in [0.5, 0.6) is 0 Å². The molecule has 0 unspecified atom stereocenters. The fraction of sp³-hybridized carbons (Fsp3) is 0.462. The molecule has 0 spiro atoms. The van der Waals surface area contributed by atoms with E-state index in [-0.39, 0.29) is 0 Å². The predicted octanol–water partition coefficient (Wildman–Crippen LogP) is 1.29. The van der Waals surface area contributed by atoms with Crippen LogP contribution in [-0.4, -0.2) is 27.9 Å². The lowest BCUT2D eigenvalue weighted by atomic mass is 10.1. The van der Waals surface area contributed by atoms with Crippen LogP contribution in [0.25, 0.3) is 11.5 Å². The van der Waals surface area contributed by atoms with Crippen LogP contribution < -0.4 is 4.90 Å². The topological polar surface area (TPSA) is 48.3 Å². The molecular weight excluding hydrogens is 260 g/mol. The van der Waals surface area contributed by atoms with Crippen molar-refractivity contribution in [3.63, 3.8) is 0 Å². The van der Waals surface area contributed by atoms with Crippen molar-refractivity contribution in [3.8, 4) is 11.5 Å². The van der Waals surface area contributed by atoms with E-state index in [4.69, 9.17) is 16.6 Å². The minimum Gasteiger partial charge on any atom is -0.409 e. The van der Waals surface area contributed by atoms with Crippen molar-refractivity contribution in [2.45, 2.75) is 25.9 Å². The number of pyridine rings is 1. The van der Waals surface area contributed by atoms with Gasteiger partial charge >= 0.3 is 0 Å². The first-order valence-electron chi connectivity index (χ1n) is 6.65. The van der Waals surface area contributed by atoms with E-state index >= 15 is 0 Å². The molecule has 0 aliphatic carbocycles. The Morgan fingerprint density at radius 2 is 2.16 bits per heavy atom. The second-order valence-electron chi connectivity index (χ2n) is 4.88. The third-order valence-corrected chi connectivity index (χ3v) is 3.74. The Kier molecular flexibility index (Phi) is 3.70. The van der Waals surface area contributed by atoms with Crippen LogP contribution in [0.15, 0.2) is 28.9 Å². The van der Waals surface area contributed by atoms with Gasteiger partial charge in [0, 0.05) is 12.4 Å². The molecule has 1 saturated heterocycles. The fourth-order valence-corrected chi connectivity index (χ4v) is 2.62. The highest BCUT2D eigenvalue weighted by atomic mass is 32.1. The zero-order valence-electron chi connectivity index (χ0n) is 10.7. The number of likely N-dealkylation sites (tertiary alicyclic amines) is 1. The maximum atomic E-state index is 5.56. The van der Waals surface area contributed by atoms with Gasteiger partial charge in [0.1, 0.15) is 0 Å². The molecule has 0 amide bonds. The van der Waals surface area contributed by atoms with Crippen molar-refractivity contribution < 1.29 is 9.32 Å². The number of rotatable bonds is 3. The van der Waals surface area contributed by atoms with Gasteiger partial charge in [-0.15, -0.1) is 5.10 Å². The predicted molar refractivity (Wildman–Crippen MR) is 73.1 cm³/mol. The molecule has 2 aromatic heterocycles. The minimum absolute atomic E-state index is 0.442. The highest BCUT2D eigenvalue weighted by molar-refractivity contribution is 7.71. The van der Waals surface area contributed by atoms with Crippen molar-refractivity contribution in [2.24, 2.45) is 0 Å². The first-order chi connectivity index (χ1) is 9.33. The second kappa shape index (κ2) is 5.63. The molecule has 1 aliphatic rings. The van der Waals surface area contributed by atoms with Gasteiger partial charge in [-0.05, 0) is 43.6 Å². The summed E-state index contributed by atoms with van der Waals surface area (Å²) in [5.41, 5.74) is 0.862. The molecular formula is C13H17N4OS+. The van der Waals surface area contributed by atoms with Crippen molar-refractivity contribution in [1.29, 1.82) is 0 Å². The van der Waals surface area contributed by atoms with E-state index < -0.39 is 0 Å². The van der Waals surface area contributed by atoms with Gasteiger partial charge in [-0.2, -0.15) is 4.68 Å². The van der Waals surface area contributed by atoms with Gasteiger partial charge < -0.3 is 9.32 Å². The summed E-state index contributed by atoms with van der Waals surface area (Å²) in [7, 11) is 0. The summed E-state index contributed by atoms with van der Waals surface area (Å²) < 4.78 is 7.35. The molecule has 3 rings (SSSR count). The first kappa shape index (κ1) is 12.5. The second-order valence-corrected chi connectivity index (χ2v) is 5.23. The number of nitrogens with zero attached hydrogens (tertiary/aromatic N) is 3. The Morgan fingerprint density at radius 1 is 1.32 bits per heavy atom. The van der Waals surface area contributed by atoms with Crippen LogP contribution in [0, 0.1) is 4.84 Å². The van der Waals surface area contributed by atoms with E-state index in [9.17, 15) is 0 Å². The Balaban J connectivity index is 1.79. The lowest BCUT2D eigenvalue weighted by molar-refractivity contribution is -0.928. The number of aromatic nitrogens is 3. The van der Waals surface area contributed by atoms with Crippen molar-refractivity contribution >= 4 is 12.2 Å². The van der Waals surface area contributed by atoms with E-state index in [0.717, 1.165) is 12.2 Å². The standard InChI is InChI=1S/C13H16N4OS/c19-13-17(10-16-7-2-1-3-8-16)15-12(18-13)11-5-4-6-14-9-11/h4-6,9H,1-3,7-8,10H2/p+1. The molecule has 1 aliphatic heterocycles. The van der Waals surface area contributed by atoms with Crippen LogP contribution in [-0.2, 0) is 6.67 Å². The summed E-state index contributed by atoms with van der Waals surface area (Å²) in [6.45, 7) is 3.18. The highest BCUT2D eigenvalue weighted by Crippen LogP contribution is 2.15. The monoisotopic (exact) mass is 277 g/mol. The molecule has 1 N–H and O–H groups in total. The first-order valence-corrected chi connectivity index (χ1v) is 7.06. The number of quaternary nitrogens is 1. The summed E-state index contributed by atoms with van der Waals surface area (Å²) in [6, 6.07) is 3.79. The smallest absolute Gasteiger partial charge is 0.292 e. The van der Waals surface area contributed by atoms with Crippen molar-refractivity contribution in [2.75, 3.05) is 13.1 Å². The maximum absolute atomic E-state index is 5.56. The van der Waals surface area contributed by atoms with Gasteiger partial charge in [0.25, 0.3) is 4.84 Å². The summed E-state index contributed by atoms with van der Waals surface area (Å²) in [5.74, 6) is 0.550. The lowest BCUT2D eigenvalue weighted by Crippen LogP contribution is -3.12. The van der Waals surface area contributed by atoms with Crippen LogP contribution in [0.3, 0.4) is 0 Å². The summed E-state index contributed by atoms with van der Waals surface area (Å²) >= 11 is 5.24. The quantitative estimate of drug-likeness (QED) is 0.859. The Hall–Kier alpha value is -1.53. The highest BCUT2D eigenvalue weighted by Gasteiger charge is 2.16. The summed E-state index contributed by atoms with van der Waals surface area (Å²) in [6.07, 6.45) is 7.38. The van der Waals surface area contributed by atoms with Gasteiger partial charge in [0.05, 0.1) is 18.7 Å². The number of nitrogens with one attached hydrogen (secondary N) is 1.